The van der Waals surface area contributed by atoms with E-state index < -0.39 is 12.3 Å². The van der Waals surface area contributed by atoms with Crippen LogP contribution >= 0.6 is 0 Å². The lowest BCUT2D eigenvalue weighted by molar-refractivity contribution is -0.0437. The maximum atomic E-state index is 12.0. The Bertz CT molecular complexity index is 589. The number of aliphatic hydroxyl groups is 2. The molecule has 0 bridgehead atoms. The van der Waals surface area contributed by atoms with Crippen molar-refractivity contribution in [2.75, 3.05) is 7.11 Å². The van der Waals surface area contributed by atoms with Gasteiger partial charge in [-0.25, -0.2) is 4.79 Å². The normalized spacial score (nSPS) is 10.4. The molecule has 0 aliphatic heterocycles. The van der Waals surface area contributed by atoms with Crippen LogP contribution < -0.4 is 9.47 Å². The summed E-state index contributed by atoms with van der Waals surface area (Å²) in [6.07, 6.45) is -1.70. The molecule has 0 saturated carbocycles. The minimum absolute atomic E-state index is 0.114. The lowest BCUT2D eigenvalue weighted by atomic mass is 10.2. The van der Waals surface area contributed by atoms with Gasteiger partial charge >= 0.3 is 5.97 Å². The Hall–Kier alpha value is -2.37. The number of aliphatic hydroxyl groups excluding tert-OH is 1. The molecule has 2 rings (SSSR count). The van der Waals surface area contributed by atoms with Crippen LogP contribution in [0, 0.1) is 0 Å². The second-order valence-electron chi connectivity index (χ2n) is 4.03. The van der Waals surface area contributed by atoms with Crippen molar-refractivity contribution in [3.05, 3.63) is 59.7 Å². The smallest absolute Gasteiger partial charge is 0.343 e. The number of rotatable bonds is 4. The summed E-state index contributed by atoms with van der Waals surface area (Å²) < 4.78 is 10.2. The van der Waals surface area contributed by atoms with Crippen molar-refractivity contribution in [3.63, 3.8) is 0 Å². The lowest BCUT2D eigenvalue weighted by Gasteiger charge is -2.11. The van der Waals surface area contributed by atoms with E-state index in [2.05, 4.69) is 0 Å². The molecule has 0 spiro atoms. The molecule has 20 heavy (non-hydrogen) atoms. The highest BCUT2D eigenvalue weighted by atomic mass is 16.5. The summed E-state index contributed by atoms with van der Waals surface area (Å²) in [6.45, 7) is 0. The van der Waals surface area contributed by atoms with Crippen molar-refractivity contribution < 1.29 is 24.5 Å². The van der Waals surface area contributed by atoms with Gasteiger partial charge in [-0.15, -0.1) is 0 Å². The Morgan fingerprint density at radius 1 is 1.05 bits per heavy atom. The van der Waals surface area contributed by atoms with Crippen LogP contribution in [0.4, 0.5) is 0 Å². The van der Waals surface area contributed by atoms with E-state index >= 15 is 0 Å². The van der Waals surface area contributed by atoms with Crippen LogP contribution in [0.1, 0.15) is 22.2 Å². The first-order valence-electron chi connectivity index (χ1n) is 5.93. The van der Waals surface area contributed by atoms with E-state index in [1.807, 2.05) is 0 Å². The minimum atomic E-state index is -1.70. The lowest BCUT2D eigenvalue weighted by Crippen LogP contribution is -2.10. The number of para-hydroxylation sites is 1. The molecule has 0 fully saturated rings. The Labute approximate surface area is 116 Å². The second kappa shape index (κ2) is 6.18. The molecule has 2 aromatic rings. The highest BCUT2D eigenvalue weighted by molar-refractivity contribution is 5.91. The fraction of sp³-hybridized carbons (Fsp3) is 0.133. The van der Waals surface area contributed by atoms with Gasteiger partial charge in [0.1, 0.15) is 11.5 Å². The van der Waals surface area contributed by atoms with E-state index in [-0.39, 0.29) is 11.3 Å². The van der Waals surface area contributed by atoms with E-state index in [0.717, 1.165) is 0 Å². The van der Waals surface area contributed by atoms with Crippen molar-refractivity contribution in [1.82, 2.24) is 0 Å². The van der Waals surface area contributed by atoms with E-state index in [9.17, 15) is 15.0 Å². The Morgan fingerprint density at radius 2 is 1.70 bits per heavy atom. The number of carbonyl (C=O) groups is 1. The molecular formula is C15H14O5. The second-order valence-corrected chi connectivity index (χ2v) is 4.03. The van der Waals surface area contributed by atoms with Crippen LogP contribution in [0.3, 0.4) is 0 Å². The van der Waals surface area contributed by atoms with E-state index in [1.165, 1.54) is 19.2 Å². The molecule has 5 nitrogen and oxygen atoms in total. The molecule has 5 heteroatoms. The standard InChI is InChI=1S/C15H14O5/c1-19-11-8-6-10(7-9-11)15(18)20-13-5-3-2-4-12(13)14(16)17/h2-9,14,16-17H,1H3. The zero-order valence-corrected chi connectivity index (χ0v) is 10.8. The predicted molar refractivity (Wildman–Crippen MR) is 71.6 cm³/mol. The first-order chi connectivity index (χ1) is 9.61. The zero-order valence-electron chi connectivity index (χ0n) is 10.8. The van der Waals surface area contributed by atoms with Gasteiger partial charge < -0.3 is 19.7 Å². The molecule has 104 valence electrons. The van der Waals surface area contributed by atoms with E-state index in [4.69, 9.17) is 9.47 Å². The molecule has 0 aliphatic rings. The minimum Gasteiger partial charge on any atom is -0.497 e. The van der Waals surface area contributed by atoms with Crippen molar-refractivity contribution in [2.24, 2.45) is 0 Å². The topological polar surface area (TPSA) is 76.0 Å². The highest BCUT2D eigenvalue weighted by Crippen LogP contribution is 2.24. The third kappa shape index (κ3) is 3.14. The summed E-state index contributed by atoms with van der Waals surface area (Å²) in [5.41, 5.74) is 0.474. The van der Waals surface area contributed by atoms with Gasteiger partial charge in [0.25, 0.3) is 0 Å². The van der Waals surface area contributed by atoms with Crippen molar-refractivity contribution in [2.45, 2.75) is 6.29 Å². The molecule has 2 N–H and O–H groups in total. The largest absolute Gasteiger partial charge is 0.497 e. The number of benzene rings is 2. The van der Waals surface area contributed by atoms with Crippen LogP contribution in [0.5, 0.6) is 11.5 Å². The van der Waals surface area contributed by atoms with E-state index in [0.29, 0.717) is 11.3 Å². The summed E-state index contributed by atoms with van der Waals surface area (Å²) in [6, 6.07) is 12.7. The number of carbonyl (C=O) groups excluding carboxylic acids is 1. The summed E-state index contributed by atoms with van der Waals surface area (Å²) in [7, 11) is 1.53. The van der Waals surface area contributed by atoms with E-state index in [1.54, 1.807) is 36.4 Å². The molecule has 0 aromatic heterocycles. The van der Waals surface area contributed by atoms with Gasteiger partial charge in [-0.1, -0.05) is 18.2 Å². The number of ether oxygens (including phenoxy) is 2. The fourth-order valence-corrected chi connectivity index (χ4v) is 1.67. The summed E-state index contributed by atoms with van der Waals surface area (Å²) in [5.74, 6) is 0.164. The van der Waals surface area contributed by atoms with Crippen LogP contribution in [0.2, 0.25) is 0 Å². The summed E-state index contributed by atoms with van der Waals surface area (Å²) in [5, 5.41) is 18.4. The van der Waals surface area contributed by atoms with Gasteiger partial charge in [-0.3, -0.25) is 0 Å². The number of hydrogen-bond donors (Lipinski definition) is 2. The molecule has 0 saturated heterocycles. The van der Waals surface area contributed by atoms with Crippen LogP contribution in [0.25, 0.3) is 0 Å². The molecule has 2 aromatic carbocycles. The van der Waals surface area contributed by atoms with Gasteiger partial charge in [0.15, 0.2) is 6.29 Å². The third-order valence-electron chi connectivity index (χ3n) is 2.73. The van der Waals surface area contributed by atoms with Gasteiger partial charge in [0.05, 0.1) is 18.2 Å². The summed E-state index contributed by atoms with van der Waals surface area (Å²) >= 11 is 0. The fourth-order valence-electron chi connectivity index (χ4n) is 1.67. The quantitative estimate of drug-likeness (QED) is 0.506. The first kappa shape index (κ1) is 14.0. The molecule has 0 heterocycles. The number of methoxy groups -OCH3 is 1. The summed E-state index contributed by atoms with van der Waals surface area (Å²) in [4.78, 5) is 12.0. The molecular weight excluding hydrogens is 260 g/mol. The molecule has 0 atom stereocenters. The maximum Gasteiger partial charge on any atom is 0.343 e. The van der Waals surface area contributed by atoms with Crippen LogP contribution in [0.15, 0.2) is 48.5 Å². The van der Waals surface area contributed by atoms with Gasteiger partial charge in [0, 0.05) is 0 Å². The van der Waals surface area contributed by atoms with Crippen molar-refractivity contribution >= 4 is 5.97 Å². The molecule has 0 amide bonds. The zero-order chi connectivity index (χ0) is 14.5. The monoisotopic (exact) mass is 274 g/mol. The SMILES string of the molecule is COc1ccc(C(=O)Oc2ccccc2C(O)O)cc1. The average molecular weight is 274 g/mol. The van der Waals surface area contributed by atoms with Crippen LogP contribution in [-0.2, 0) is 0 Å². The molecule has 0 aliphatic carbocycles. The van der Waals surface area contributed by atoms with Gasteiger partial charge in [0.2, 0.25) is 0 Å². The Morgan fingerprint density at radius 3 is 2.30 bits per heavy atom. The number of esters is 1. The predicted octanol–water partition coefficient (Wildman–Crippen LogP) is 1.90. The Kier molecular flexibility index (Phi) is 4.34. The van der Waals surface area contributed by atoms with Gasteiger partial charge in [-0.05, 0) is 30.3 Å². The Balaban J connectivity index is 2.19. The maximum absolute atomic E-state index is 12.0. The van der Waals surface area contributed by atoms with Crippen molar-refractivity contribution in [1.29, 1.82) is 0 Å². The third-order valence-corrected chi connectivity index (χ3v) is 2.73. The van der Waals surface area contributed by atoms with Crippen LogP contribution in [-0.4, -0.2) is 23.3 Å². The highest BCUT2D eigenvalue weighted by Gasteiger charge is 2.14. The first-order valence-corrected chi connectivity index (χ1v) is 5.93. The average Bonchev–Trinajstić information content (AvgIpc) is 2.47. The molecule has 0 radical (unpaired) electrons. The molecule has 0 unspecified atom stereocenters. The van der Waals surface area contributed by atoms with Gasteiger partial charge in [-0.2, -0.15) is 0 Å². The van der Waals surface area contributed by atoms with Crippen molar-refractivity contribution in [3.8, 4) is 11.5 Å². The number of hydrogen-bond acceptors (Lipinski definition) is 5.